The maximum atomic E-state index is 11.9. The van der Waals surface area contributed by atoms with E-state index in [0.29, 0.717) is 4.34 Å². The number of thiophene rings is 1. The first-order valence-corrected chi connectivity index (χ1v) is 3.91. The number of hydrogen-bond acceptors (Lipinski definition) is 1. The fourth-order valence-electron chi connectivity index (χ4n) is 0.502. The van der Waals surface area contributed by atoms with E-state index < -0.39 is 6.43 Å². The lowest BCUT2D eigenvalue weighted by atomic mass is 10.4. The third kappa shape index (κ3) is 1.59. The van der Waals surface area contributed by atoms with E-state index in [9.17, 15) is 8.78 Å². The molecule has 0 saturated heterocycles. The van der Waals surface area contributed by atoms with Gasteiger partial charge in [-0.1, -0.05) is 23.2 Å². The normalized spacial score (nSPS) is 10.9. The van der Waals surface area contributed by atoms with Crippen LogP contribution < -0.4 is 0 Å². The van der Waals surface area contributed by atoms with E-state index in [-0.39, 0.29) is 9.90 Å². The van der Waals surface area contributed by atoms with Crippen molar-refractivity contribution >= 4 is 34.5 Å². The molecule has 0 spiro atoms. The molecule has 10 heavy (non-hydrogen) atoms. The molecular weight excluding hydrogens is 201 g/mol. The summed E-state index contributed by atoms with van der Waals surface area (Å²) in [5.74, 6) is 0. The molecule has 1 aromatic heterocycles. The highest BCUT2D eigenvalue weighted by atomic mass is 35.5. The van der Waals surface area contributed by atoms with Gasteiger partial charge in [-0.15, -0.1) is 11.3 Å². The smallest absolute Gasteiger partial charge is 0.205 e. The van der Waals surface area contributed by atoms with Gasteiger partial charge >= 0.3 is 0 Å². The molecule has 0 nitrogen and oxygen atoms in total. The molecule has 0 aliphatic rings. The molecule has 0 aromatic carbocycles. The molecular formula is C5H2Cl2F2S. The van der Waals surface area contributed by atoms with Crippen LogP contribution in [0.15, 0.2) is 6.07 Å². The Morgan fingerprint density at radius 1 is 1.40 bits per heavy atom. The summed E-state index contributed by atoms with van der Waals surface area (Å²) >= 11 is 11.8. The third-order valence-electron chi connectivity index (χ3n) is 0.918. The van der Waals surface area contributed by atoms with Gasteiger partial charge in [-0.3, -0.25) is 0 Å². The Morgan fingerprint density at radius 3 is 2.20 bits per heavy atom. The molecule has 0 saturated carbocycles. The fraction of sp³-hybridized carbons (Fsp3) is 0.200. The minimum absolute atomic E-state index is 0.0694. The van der Waals surface area contributed by atoms with Gasteiger partial charge in [0.15, 0.2) is 0 Å². The Hall–Kier alpha value is 0.140. The van der Waals surface area contributed by atoms with Gasteiger partial charge in [0, 0.05) is 5.56 Å². The van der Waals surface area contributed by atoms with Crippen molar-refractivity contribution in [3.05, 3.63) is 20.3 Å². The first kappa shape index (κ1) is 8.24. The molecule has 0 bridgehead atoms. The van der Waals surface area contributed by atoms with Crippen LogP contribution in [0.4, 0.5) is 8.78 Å². The summed E-state index contributed by atoms with van der Waals surface area (Å²) in [6, 6.07) is 1.18. The second-order valence-electron chi connectivity index (χ2n) is 1.58. The maximum Gasteiger partial charge on any atom is 0.266 e. The number of rotatable bonds is 1. The number of alkyl halides is 2. The molecule has 1 aromatic rings. The predicted molar refractivity (Wildman–Crippen MR) is 39.3 cm³/mol. The number of hydrogen-bond donors (Lipinski definition) is 0. The highest BCUT2D eigenvalue weighted by Crippen LogP contribution is 2.36. The molecule has 0 N–H and O–H groups in total. The summed E-state index contributed by atoms with van der Waals surface area (Å²) in [4.78, 5) is 0. The Morgan fingerprint density at radius 2 is 2.00 bits per heavy atom. The quantitative estimate of drug-likeness (QED) is 0.647. The summed E-state index contributed by atoms with van der Waals surface area (Å²) in [6.45, 7) is 0. The molecule has 0 radical (unpaired) electrons. The van der Waals surface area contributed by atoms with E-state index in [2.05, 4.69) is 0 Å². The molecule has 0 unspecified atom stereocenters. The zero-order chi connectivity index (χ0) is 7.72. The fourth-order valence-corrected chi connectivity index (χ4v) is 1.98. The van der Waals surface area contributed by atoms with Crippen molar-refractivity contribution in [2.24, 2.45) is 0 Å². The summed E-state index contributed by atoms with van der Waals surface area (Å²) in [5, 5.41) is 0. The highest BCUT2D eigenvalue weighted by molar-refractivity contribution is 7.20. The first-order chi connectivity index (χ1) is 4.61. The minimum atomic E-state index is -2.53. The van der Waals surface area contributed by atoms with Gasteiger partial charge in [-0.25, -0.2) is 8.78 Å². The molecule has 0 fully saturated rings. The van der Waals surface area contributed by atoms with Crippen LogP contribution in [0.5, 0.6) is 0 Å². The van der Waals surface area contributed by atoms with Crippen molar-refractivity contribution in [1.29, 1.82) is 0 Å². The van der Waals surface area contributed by atoms with Crippen LogP contribution in [0.3, 0.4) is 0 Å². The van der Waals surface area contributed by atoms with Gasteiger partial charge in [0.1, 0.15) is 4.34 Å². The van der Waals surface area contributed by atoms with E-state index in [1.54, 1.807) is 0 Å². The van der Waals surface area contributed by atoms with E-state index in [4.69, 9.17) is 23.2 Å². The van der Waals surface area contributed by atoms with Crippen LogP contribution in [0.1, 0.15) is 12.0 Å². The van der Waals surface area contributed by atoms with Crippen molar-refractivity contribution in [3.8, 4) is 0 Å². The van der Waals surface area contributed by atoms with Gasteiger partial charge in [0.25, 0.3) is 6.43 Å². The lowest BCUT2D eigenvalue weighted by Crippen LogP contribution is -1.77. The maximum absolute atomic E-state index is 11.9. The highest BCUT2D eigenvalue weighted by Gasteiger charge is 2.14. The lowest BCUT2D eigenvalue weighted by molar-refractivity contribution is 0.152. The Balaban J connectivity index is 3.03. The Labute approximate surface area is 70.4 Å². The van der Waals surface area contributed by atoms with E-state index in [1.807, 2.05) is 0 Å². The Kier molecular flexibility index (Phi) is 2.50. The second kappa shape index (κ2) is 3.03. The second-order valence-corrected chi connectivity index (χ2v) is 3.87. The van der Waals surface area contributed by atoms with Gasteiger partial charge in [0.05, 0.1) is 4.34 Å². The summed E-state index contributed by atoms with van der Waals surface area (Å²) in [5.41, 5.74) is -0.184. The van der Waals surface area contributed by atoms with Crippen LogP contribution in [0.2, 0.25) is 8.67 Å². The molecule has 0 aliphatic carbocycles. The SMILES string of the molecule is FC(F)c1cc(Cl)sc1Cl. The third-order valence-corrected chi connectivity index (χ3v) is 2.44. The van der Waals surface area contributed by atoms with E-state index in [0.717, 1.165) is 11.3 Å². The largest absolute Gasteiger partial charge is 0.266 e. The van der Waals surface area contributed by atoms with Gasteiger partial charge < -0.3 is 0 Å². The van der Waals surface area contributed by atoms with Crippen molar-refractivity contribution in [2.75, 3.05) is 0 Å². The van der Waals surface area contributed by atoms with Gasteiger partial charge in [-0.05, 0) is 6.07 Å². The average Bonchev–Trinajstić information content (AvgIpc) is 2.10. The summed E-state index contributed by atoms with van der Waals surface area (Å²) in [6.07, 6.45) is -2.53. The molecule has 0 aliphatic heterocycles. The van der Waals surface area contributed by atoms with Gasteiger partial charge in [-0.2, -0.15) is 0 Å². The lowest BCUT2D eigenvalue weighted by Gasteiger charge is -1.91. The topological polar surface area (TPSA) is 0 Å². The molecule has 56 valence electrons. The summed E-state index contributed by atoms with van der Waals surface area (Å²) in [7, 11) is 0. The minimum Gasteiger partial charge on any atom is -0.205 e. The molecule has 1 heterocycles. The van der Waals surface area contributed by atoms with Crippen molar-refractivity contribution < 1.29 is 8.78 Å². The van der Waals surface area contributed by atoms with Crippen LogP contribution in [0.25, 0.3) is 0 Å². The molecule has 0 amide bonds. The molecule has 5 heteroatoms. The van der Waals surface area contributed by atoms with Crippen molar-refractivity contribution in [2.45, 2.75) is 6.43 Å². The Bertz CT molecular complexity index is 234. The molecule has 0 atom stereocenters. The van der Waals surface area contributed by atoms with E-state index >= 15 is 0 Å². The number of halogens is 4. The van der Waals surface area contributed by atoms with Crippen LogP contribution in [-0.4, -0.2) is 0 Å². The van der Waals surface area contributed by atoms with Gasteiger partial charge in [0.2, 0.25) is 0 Å². The van der Waals surface area contributed by atoms with E-state index in [1.165, 1.54) is 6.07 Å². The standard InChI is InChI=1S/C5H2Cl2F2S/c6-3-1-2(5(8)9)4(7)10-3/h1,5H. The predicted octanol–water partition coefficient (Wildman–Crippen LogP) is 3.99. The summed E-state index contributed by atoms with van der Waals surface area (Å²) < 4.78 is 24.2. The zero-order valence-corrected chi connectivity index (χ0v) is 6.90. The van der Waals surface area contributed by atoms with Crippen LogP contribution in [-0.2, 0) is 0 Å². The van der Waals surface area contributed by atoms with Crippen LogP contribution in [0, 0.1) is 0 Å². The van der Waals surface area contributed by atoms with Crippen LogP contribution >= 0.6 is 34.5 Å². The zero-order valence-electron chi connectivity index (χ0n) is 4.57. The first-order valence-electron chi connectivity index (χ1n) is 2.34. The monoisotopic (exact) mass is 202 g/mol. The van der Waals surface area contributed by atoms with Crippen molar-refractivity contribution in [1.82, 2.24) is 0 Å². The van der Waals surface area contributed by atoms with Crippen molar-refractivity contribution in [3.63, 3.8) is 0 Å². The molecule has 1 rings (SSSR count). The average molecular weight is 203 g/mol.